The fourth-order valence-electron chi connectivity index (χ4n) is 2.62. The predicted molar refractivity (Wildman–Crippen MR) is 66.5 cm³/mol. The van der Waals surface area contributed by atoms with Crippen LogP contribution in [0.25, 0.3) is 0 Å². The number of hydrogen-bond acceptors (Lipinski definition) is 5. The Morgan fingerprint density at radius 2 is 1.90 bits per heavy atom. The number of aliphatic hydroxyl groups excluding tert-OH is 1. The first kappa shape index (κ1) is 16.2. The van der Waals surface area contributed by atoms with Crippen LogP contribution in [0.3, 0.4) is 0 Å². The molecule has 1 heterocycles. The van der Waals surface area contributed by atoms with Gasteiger partial charge in [-0.3, -0.25) is 0 Å². The summed E-state index contributed by atoms with van der Waals surface area (Å²) in [5, 5.41) is 12.8. The van der Waals surface area contributed by atoms with Crippen molar-refractivity contribution in [3.63, 3.8) is 0 Å². The summed E-state index contributed by atoms with van der Waals surface area (Å²) >= 11 is 0. The molecule has 8 heteroatoms. The summed E-state index contributed by atoms with van der Waals surface area (Å²) < 4.78 is 47.4. The zero-order chi connectivity index (χ0) is 15.5. The number of ether oxygens (including phenoxy) is 1. The Hall–Kier alpha value is -1.15. The third kappa shape index (κ3) is 3.74. The fraction of sp³-hybridized carbons (Fsp3) is 0.846. The predicted octanol–water partition coefficient (Wildman–Crippen LogP) is 2.73. The third-order valence-corrected chi connectivity index (χ3v) is 3.92. The quantitative estimate of drug-likeness (QED) is 0.866. The first-order valence-corrected chi connectivity index (χ1v) is 7.00. The molecule has 0 amide bonds. The Kier molecular flexibility index (Phi) is 4.88. The van der Waals surface area contributed by atoms with E-state index in [-0.39, 0.29) is 11.7 Å². The molecule has 0 saturated heterocycles. The van der Waals surface area contributed by atoms with Gasteiger partial charge in [-0.1, -0.05) is 30.8 Å². The van der Waals surface area contributed by atoms with Gasteiger partial charge in [0.25, 0.3) is 0 Å². The lowest BCUT2D eigenvalue weighted by Crippen LogP contribution is -2.31. The second kappa shape index (κ2) is 6.31. The summed E-state index contributed by atoms with van der Waals surface area (Å²) in [6.07, 6.45) is -2.45. The largest absolute Gasteiger partial charge is 0.414 e. The molecule has 1 atom stereocenters. The van der Waals surface area contributed by atoms with E-state index < -0.39 is 24.3 Å². The van der Waals surface area contributed by atoms with Crippen LogP contribution in [-0.4, -0.2) is 34.6 Å². The average Bonchev–Trinajstić information content (AvgIpc) is 2.75. The molecule has 2 rings (SSSR count). The number of methoxy groups -OCH3 is 1. The topological polar surface area (TPSA) is 68.4 Å². The van der Waals surface area contributed by atoms with E-state index in [1.807, 2.05) is 0 Å². The van der Waals surface area contributed by atoms with Gasteiger partial charge in [0.2, 0.25) is 11.7 Å². The number of rotatable bonds is 4. The molecule has 1 aliphatic rings. The summed E-state index contributed by atoms with van der Waals surface area (Å²) in [7, 11) is 1.55. The van der Waals surface area contributed by atoms with Crippen molar-refractivity contribution in [3.05, 3.63) is 11.7 Å². The molecule has 21 heavy (non-hydrogen) atoms. The molecule has 0 aliphatic heterocycles. The van der Waals surface area contributed by atoms with Gasteiger partial charge in [-0.05, 0) is 12.8 Å². The molecule has 0 radical (unpaired) electrons. The molecule has 120 valence electrons. The molecule has 5 nitrogen and oxygen atoms in total. The van der Waals surface area contributed by atoms with Crippen LogP contribution < -0.4 is 0 Å². The van der Waals surface area contributed by atoms with E-state index in [2.05, 4.69) is 10.1 Å². The van der Waals surface area contributed by atoms with Crippen LogP contribution in [0.4, 0.5) is 13.2 Å². The highest BCUT2D eigenvalue weighted by Crippen LogP contribution is 2.37. The van der Waals surface area contributed by atoms with E-state index in [9.17, 15) is 13.2 Å². The van der Waals surface area contributed by atoms with Crippen LogP contribution in [-0.2, 0) is 16.8 Å². The maximum absolute atomic E-state index is 12.3. The molecule has 0 spiro atoms. The van der Waals surface area contributed by atoms with Crippen molar-refractivity contribution in [2.75, 3.05) is 7.11 Å². The fourth-order valence-corrected chi connectivity index (χ4v) is 2.62. The maximum Gasteiger partial charge on any atom is 0.414 e. The molecule has 1 saturated carbocycles. The minimum absolute atomic E-state index is 0.226. The summed E-state index contributed by atoms with van der Waals surface area (Å²) in [5.74, 6) is 0.0479. The standard InChI is InChI=1S/C13H19F3N2O3/c1-20-12(6-4-2-3-5-7-12)11-17-10(21-18-11)8-9(19)13(14,15)16/h9,19H,2-8H2,1H3. The summed E-state index contributed by atoms with van der Waals surface area (Å²) in [4.78, 5) is 4.01. The first-order valence-electron chi connectivity index (χ1n) is 7.00. The number of halogens is 3. The van der Waals surface area contributed by atoms with Crippen molar-refractivity contribution in [2.24, 2.45) is 0 Å². The van der Waals surface area contributed by atoms with E-state index in [1.54, 1.807) is 7.11 Å². The van der Waals surface area contributed by atoms with Crippen molar-refractivity contribution in [3.8, 4) is 0 Å². The van der Waals surface area contributed by atoms with E-state index in [1.165, 1.54) is 0 Å². The van der Waals surface area contributed by atoms with Crippen LogP contribution in [0, 0.1) is 0 Å². The Balaban J connectivity index is 2.14. The highest BCUT2D eigenvalue weighted by Gasteiger charge is 2.41. The lowest BCUT2D eigenvalue weighted by Gasteiger charge is -2.27. The molecule has 1 aromatic heterocycles. The van der Waals surface area contributed by atoms with Crippen molar-refractivity contribution in [1.82, 2.24) is 10.1 Å². The molecular formula is C13H19F3N2O3. The summed E-state index contributed by atoms with van der Waals surface area (Å²) in [6, 6.07) is 0. The monoisotopic (exact) mass is 308 g/mol. The number of nitrogens with zero attached hydrogens (tertiary/aromatic N) is 2. The first-order chi connectivity index (χ1) is 9.87. The van der Waals surface area contributed by atoms with Gasteiger partial charge >= 0.3 is 6.18 Å². The lowest BCUT2D eigenvalue weighted by molar-refractivity contribution is -0.204. The SMILES string of the molecule is COC1(c2noc(CC(O)C(F)(F)F)n2)CCCCCC1. The second-order valence-corrected chi connectivity index (χ2v) is 5.39. The minimum atomic E-state index is -4.70. The Labute approximate surface area is 120 Å². The normalized spacial score (nSPS) is 21.0. The Bertz CT molecular complexity index is 454. The van der Waals surface area contributed by atoms with Gasteiger partial charge in [-0.25, -0.2) is 0 Å². The second-order valence-electron chi connectivity index (χ2n) is 5.39. The Morgan fingerprint density at radius 3 is 2.43 bits per heavy atom. The van der Waals surface area contributed by atoms with Crippen LogP contribution in [0.5, 0.6) is 0 Å². The van der Waals surface area contributed by atoms with Crippen molar-refractivity contribution < 1.29 is 27.5 Å². The van der Waals surface area contributed by atoms with Crippen LogP contribution in [0.2, 0.25) is 0 Å². The molecule has 1 fully saturated rings. The summed E-state index contributed by atoms with van der Waals surface area (Å²) in [6.45, 7) is 0. The zero-order valence-corrected chi connectivity index (χ0v) is 11.8. The lowest BCUT2D eigenvalue weighted by atomic mass is 9.93. The van der Waals surface area contributed by atoms with Crippen molar-refractivity contribution in [1.29, 1.82) is 0 Å². The summed E-state index contributed by atoms with van der Waals surface area (Å²) in [5.41, 5.74) is -0.693. The minimum Gasteiger partial charge on any atom is -0.383 e. The molecule has 1 unspecified atom stereocenters. The smallest absolute Gasteiger partial charge is 0.383 e. The molecule has 0 aromatic carbocycles. The van der Waals surface area contributed by atoms with E-state index in [4.69, 9.17) is 14.4 Å². The van der Waals surface area contributed by atoms with Gasteiger partial charge in [0.15, 0.2) is 6.10 Å². The van der Waals surface area contributed by atoms with Crippen LogP contribution in [0.15, 0.2) is 4.52 Å². The van der Waals surface area contributed by atoms with Gasteiger partial charge in [-0.2, -0.15) is 18.2 Å². The van der Waals surface area contributed by atoms with Gasteiger partial charge in [0.05, 0.1) is 6.42 Å². The molecule has 0 bridgehead atoms. The van der Waals surface area contributed by atoms with Crippen LogP contribution in [0.1, 0.15) is 50.2 Å². The van der Waals surface area contributed by atoms with E-state index >= 15 is 0 Å². The molecule has 1 aromatic rings. The number of aromatic nitrogens is 2. The highest BCUT2D eigenvalue weighted by molar-refractivity contribution is 5.03. The average molecular weight is 308 g/mol. The Morgan fingerprint density at radius 1 is 1.29 bits per heavy atom. The van der Waals surface area contributed by atoms with E-state index in [0.29, 0.717) is 12.8 Å². The van der Waals surface area contributed by atoms with Gasteiger partial charge < -0.3 is 14.4 Å². The number of alkyl halides is 3. The number of hydrogen-bond donors (Lipinski definition) is 1. The van der Waals surface area contributed by atoms with Gasteiger partial charge in [-0.15, -0.1) is 0 Å². The molecule has 1 aliphatic carbocycles. The molecular weight excluding hydrogens is 289 g/mol. The van der Waals surface area contributed by atoms with Gasteiger partial charge in [0, 0.05) is 7.11 Å². The number of aliphatic hydroxyl groups is 1. The van der Waals surface area contributed by atoms with Crippen molar-refractivity contribution >= 4 is 0 Å². The molecule has 1 N–H and O–H groups in total. The van der Waals surface area contributed by atoms with Crippen molar-refractivity contribution in [2.45, 2.75) is 62.8 Å². The van der Waals surface area contributed by atoms with E-state index in [0.717, 1.165) is 25.7 Å². The third-order valence-electron chi connectivity index (χ3n) is 3.92. The van der Waals surface area contributed by atoms with Crippen LogP contribution >= 0.6 is 0 Å². The zero-order valence-electron chi connectivity index (χ0n) is 11.8. The highest BCUT2D eigenvalue weighted by atomic mass is 19.4. The maximum atomic E-state index is 12.3. The van der Waals surface area contributed by atoms with Gasteiger partial charge in [0.1, 0.15) is 5.60 Å².